The first-order valence-electron chi connectivity index (χ1n) is 15.0. The van der Waals surface area contributed by atoms with Crippen molar-refractivity contribution in [1.29, 1.82) is 0 Å². The van der Waals surface area contributed by atoms with E-state index in [0.29, 0.717) is 11.3 Å². The van der Waals surface area contributed by atoms with E-state index in [1.54, 1.807) is 0 Å². The summed E-state index contributed by atoms with van der Waals surface area (Å²) in [6, 6.07) is 44.1. The van der Waals surface area contributed by atoms with Crippen LogP contribution >= 0.6 is 23.1 Å². The summed E-state index contributed by atoms with van der Waals surface area (Å²) in [6.45, 7) is 0.118. The molecule has 0 amide bonds. The minimum Gasteiger partial charge on any atom is -0.374 e. The van der Waals surface area contributed by atoms with E-state index in [0.717, 1.165) is 0 Å². The van der Waals surface area contributed by atoms with Gasteiger partial charge in [-0.05, 0) is 56.6 Å². The van der Waals surface area contributed by atoms with Gasteiger partial charge in [0.2, 0.25) is 0 Å². The molecule has 0 N–H and O–H groups in total. The van der Waals surface area contributed by atoms with Gasteiger partial charge in [-0.15, -0.1) is 23.1 Å². The third-order valence-corrected chi connectivity index (χ3v) is 13.0. The average Bonchev–Trinajstić information content (AvgIpc) is 3.79. The molecule has 43 heavy (non-hydrogen) atoms. The third kappa shape index (κ3) is 2.40. The zero-order valence-electron chi connectivity index (χ0n) is 22.9. The van der Waals surface area contributed by atoms with E-state index in [2.05, 4.69) is 136 Å². The summed E-state index contributed by atoms with van der Waals surface area (Å²) < 4.78 is 5.51. The van der Waals surface area contributed by atoms with Crippen LogP contribution in [0.25, 0.3) is 53.1 Å². The van der Waals surface area contributed by atoms with Crippen LogP contribution in [-0.4, -0.2) is 11.3 Å². The maximum absolute atomic E-state index is 2.74. The fraction of sp³-hybridized carbons (Fsp3) is 0.0526. The van der Waals surface area contributed by atoms with Crippen molar-refractivity contribution in [2.45, 2.75) is 16.2 Å². The van der Waals surface area contributed by atoms with Crippen molar-refractivity contribution in [1.82, 2.24) is 4.48 Å². The Bertz CT molecular complexity index is 2590. The molecule has 0 radical (unpaired) electrons. The van der Waals surface area contributed by atoms with Crippen molar-refractivity contribution < 1.29 is 0 Å². The molecule has 198 valence electrons. The van der Waals surface area contributed by atoms with Crippen LogP contribution in [0.15, 0.2) is 120 Å². The number of aromatic nitrogens is 1. The van der Waals surface area contributed by atoms with Crippen molar-refractivity contribution >= 4 is 94.2 Å². The number of anilines is 2. The molecular formula is C38H21BN2S2. The van der Waals surface area contributed by atoms with E-state index in [9.17, 15) is 0 Å². The molecule has 4 aliphatic heterocycles. The third-order valence-electron chi connectivity index (χ3n) is 10.5. The summed E-state index contributed by atoms with van der Waals surface area (Å²) >= 11 is 4.00. The van der Waals surface area contributed by atoms with Crippen LogP contribution in [0.3, 0.4) is 0 Å². The normalized spacial score (nSPS) is 18.5. The molecule has 2 nitrogen and oxygen atoms in total. The second kappa shape index (κ2) is 7.36. The second-order valence-corrected chi connectivity index (χ2v) is 14.6. The largest absolute Gasteiger partial charge is 0.374 e. The lowest BCUT2D eigenvalue weighted by Gasteiger charge is -2.41. The van der Waals surface area contributed by atoms with Gasteiger partial charge in [0.15, 0.2) is 0 Å². The number of para-hydroxylation sites is 2. The highest BCUT2D eigenvalue weighted by atomic mass is 32.2. The van der Waals surface area contributed by atoms with E-state index >= 15 is 0 Å². The quantitative estimate of drug-likeness (QED) is 0.165. The van der Waals surface area contributed by atoms with Gasteiger partial charge < -0.3 is 9.38 Å². The van der Waals surface area contributed by atoms with Crippen molar-refractivity contribution in [2.24, 2.45) is 0 Å². The van der Waals surface area contributed by atoms with Crippen LogP contribution in [0.2, 0.25) is 0 Å². The molecule has 0 saturated heterocycles. The smallest absolute Gasteiger partial charge is 0.333 e. The maximum atomic E-state index is 2.74. The number of hydrogen-bond acceptors (Lipinski definition) is 3. The van der Waals surface area contributed by atoms with Gasteiger partial charge in [0.1, 0.15) is 0 Å². The first-order valence-corrected chi connectivity index (χ1v) is 16.7. The van der Waals surface area contributed by atoms with Crippen LogP contribution in [0, 0.1) is 0 Å². The lowest BCUT2D eigenvalue weighted by molar-refractivity contribution is 0.738. The van der Waals surface area contributed by atoms with Crippen molar-refractivity contribution in [3.63, 3.8) is 0 Å². The Morgan fingerprint density at radius 3 is 2.44 bits per heavy atom. The van der Waals surface area contributed by atoms with Crippen molar-refractivity contribution in [3.05, 3.63) is 126 Å². The Kier molecular flexibility index (Phi) is 3.79. The predicted molar refractivity (Wildman–Crippen MR) is 185 cm³/mol. The monoisotopic (exact) mass is 580 g/mol. The summed E-state index contributed by atoms with van der Waals surface area (Å²) in [6.07, 6.45) is 0. The summed E-state index contributed by atoms with van der Waals surface area (Å²) in [5, 5.41) is 5.82. The molecule has 12 rings (SSSR count). The van der Waals surface area contributed by atoms with Gasteiger partial charge in [-0.1, -0.05) is 97.1 Å². The molecule has 2 aromatic heterocycles. The Morgan fingerprint density at radius 2 is 1.47 bits per heavy atom. The number of rotatable bonds is 0. The lowest BCUT2D eigenvalue weighted by Crippen LogP contribution is -2.57. The van der Waals surface area contributed by atoms with Gasteiger partial charge in [-0.3, -0.25) is 0 Å². The van der Waals surface area contributed by atoms with Crippen LogP contribution in [0.4, 0.5) is 11.4 Å². The summed E-state index contributed by atoms with van der Waals surface area (Å²) in [5.74, 6) is 0. The van der Waals surface area contributed by atoms with E-state index in [1.807, 2.05) is 11.3 Å². The van der Waals surface area contributed by atoms with E-state index in [1.165, 1.54) is 91.4 Å². The highest BCUT2D eigenvalue weighted by molar-refractivity contribution is 8.00. The molecule has 0 spiro atoms. The highest BCUT2D eigenvalue weighted by Gasteiger charge is 2.53. The molecule has 4 aliphatic rings. The Labute approximate surface area is 256 Å². The molecular weight excluding hydrogens is 559 g/mol. The molecule has 2 unspecified atom stereocenters. The standard InChI is InChI=1S/C38H21BN2S2/c1-2-10-21-20(9-1)19-28-32-31(21)24-13-7-14-25-33(24)41(36-23-12-4-6-18-30(23)43-38(25)36)39(32)27-16-8-15-26-34(27)40(28)35-22-11-3-5-17-29(22)42-37(26)35/h1-19,35,37H. The predicted octanol–water partition coefficient (Wildman–Crippen LogP) is 9.15. The number of thioether (sulfide) groups is 1. The van der Waals surface area contributed by atoms with Crippen LogP contribution in [-0.2, 0) is 0 Å². The van der Waals surface area contributed by atoms with E-state index < -0.39 is 0 Å². The number of nitrogens with zero attached hydrogens (tertiary/aromatic N) is 2. The summed E-state index contributed by atoms with van der Waals surface area (Å²) in [7, 11) is 0. The molecule has 5 heteroatoms. The van der Waals surface area contributed by atoms with Gasteiger partial charge in [-0.25, -0.2) is 0 Å². The minimum absolute atomic E-state index is 0.118. The number of hydrogen-bond donors (Lipinski definition) is 0. The molecule has 0 fully saturated rings. The van der Waals surface area contributed by atoms with Crippen molar-refractivity contribution in [2.75, 3.05) is 4.90 Å². The van der Waals surface area contributed by atoms with Gasteiger partial charge in [0.05, 0.1) is 21.5 Å². The van der Waals surface area contributed by atoms with E-state index in [4.69, 9.17) is 0 Å². The topological polar surface area (TPSA) is 8.17 Å². The minimum atomic E-state index is 0.118. The number of fused-ring (bicyclic) bond motifs is 16. The highest BCUT2D eigenvalue weighted by Crippen LogP contribution is 2.65. The zero-order chi connectivity index (χ0) is 27.6. The molecule has 0 bridgehead atoms. The SMILES string of the molecule is c1ccc2c(c1)SC1c3cccc4c3N(c3cc5ccccc5c5c3B4n3c4c-5cccc4c4sc5ccccc5c43)C21. The van der Waals surface area contributed by atoms with Gasteiger partial charge in [-0.2, -0.15) is 0 Å². The molecule has 0 aliphatic carbocycles. The lowest BCUT2D eigenvalue weighted by atomic mass is 9.44. The molecule has 6 aromatic carbocycles. The number of thiophene rings is 1. The number of benzene rings is 6. The summed E-state index contributed by atoms with van der Waals surface area (Å²) in [5.41, 5.74) is 14.2. The maximum Gasteiger partial charge on any atom is 0.333 e. The Morgan fingerprint density at radius 1 is 0.674 bits per heavy atom. The first-order chi connectivity index (χ1) is 21.4. The summed E-state index contributed by atoms with van der Waals surface area (Å²) in [4.78, 5) is 4.17. The molecule has 2 atom stereocenters. The second-order valence-electron chi connectivity index (χ2n) is 12.3. The fourth-order valence-corrected chi connectivity index (χ4v) is 11.7. The molecule has 8 aromatic rings. The zero-order valence-corrected chi connectivity index (χ0v) is 24.5. The molecule has 6 heterocycles. The van der Waals surface area contributed by atoms with Crippen LogP contribution in [0.5, 0.6) is 0 Å². The Hall–Kier alpha value is -4.45. The van der Waals surface area contributed by atoms with Gasteiger partial charge in [0, 0.05) is 42.8 Å². The van der Waals surface area contributed by atoms with Crippen LogP contribution in [0.1, 0.15) is 22.4 Å². The fourth-order valence-electron chi connectivity index (χ4n) is 8.97. The van der Waals surface area contributed by atoms with Crippen molar-refractivity contribution in [3.8, 4) is 11.1 Å². The molecule has 0 saturated carbocycles. The average molecular weight is 581 g/mol. The van der Waals surface area contributed by atoms with Gasteiger partial charge in [0.25, 0.3) is 0 Å². The van der Waals surface area contributed by atoms with Crippen LogP contribution < -0.4 is 15.8 Å². The van der Waals surface area contributed by atoms with Gasteiger partial charge >= 0.3 is 6.85 Å². The first kappa shape index (κ1) is 22.1. The Balaban J connectivity index is 1.31. The van der Waals surface area contributed by atoms with E-state index in [-0.39, 0.29) is 6.85 Å².